The van der Waals surface area contributed by atoms with Crippen molar-refractivity contribution in [2.24, 2.45) is 0 Å². The summed E-state index contributed by atoms with van der Waals surface area (Å²) in [6.45, 7) is 3.79. The molecule has 3 rings (SSSR count). The minimum Gasteiger partial charge on any atom is -0.497 e. The lowest BCUT2D eigenvalue weighted by molar-refractivity contribution is -0.113. The molecular formula is C21H23N3O3S. The number of thiocarbonyl (C=S) groups is 1. The van der Waals surface area contributed by atoms with Gasteiger partial charge in [0.25, 0.3) is 5.91 Å². The van der Waals surface area contributed by atoms with Gasteiger partial charge in [-0.3, -0.25) is 4.79 Å². The molecule has 1 atom stereocenters. The molecule has 0 aliphatic carbocycles. The number of allylic oxidation sites excluding steroid dienone is 1. The zero-order valence-electron chi connectivity index (χ0n) is 16.3. The quantitative estimate of drug-likeness (QED) is 0.672. The fraction of sp³-hybridized carbons (Fsp3) is 0.238. The van der Waals surface area contributed by atoms with Crippen LogP contribution in [0.15, 0.2) is 53.7 Å². The summed E-state index contributed by atoms with van der Waals surface area (Å²) in [7, 11) is 3.18. The van der Waals surface area contributed by atoms with Gasteiger partial charge in [-0.15, -0.1) is 0 Å². The molecule has 2 aromatic carbocycles. The molecule has 1 unspecified atom stereocenters. The summed E-state index contributed by atoms with van der Waals surface area (Å²) in [5.41, 5.74) is 3.78. The lowest BCUT2D eigenvalue weighted by Gasteiger charge is -2.31. The van der Waals surface area contributed by atoms with Gasteiger partial charge in [-0.05, 0) is 49.8 Å². The second kappa shape index (κ2) is 8.31. The van der Waals surface area contributed by atoms with E-state index in [-0.39, 0.29) is 5.91 Å². The van der Waals surface area contributed by atoms with E-state index in [2.05, 4.69) is 16.0 Å². The van der Waals surface area contributed by atoms with Gasteiger partial charge in [0.1, 0.15) is 11.5 Å². The van der Waals surface area contributed by atoms with E-state index in [0.29, 0.717) is 27.9 Å². The van der Waals surface area contributed by atoms with Crippen LogP contribution in [0.1, 0.15) is 24.1 Å². The van der Waals surface area contributed by atoms with E-state index in [1.807, 2.05) is 50.2 Å². The number of carbonyl (C=O) groups is 1. The molecule has 1 amide bonds. The van der Waals surface area contributed by atoms with E-state index in [4.69, 9.17) is 21.7 Å². The average molecular weight is 398 g/mol. The van der Waals surface area contributed by atoms with Gasteiger partial charge in [-0.25, -0.2) is 0 Å². The van der Waals surface area contributed by atoms with E-state index >= 15 is 0 Å². The first-order valence-corrected chi connectivity index (χ1v) is 9.22. The Labute approximate surface area is 169 Å². The van der Waals surface area contributed by atoms with Crippen molar-refractivity contribution in [3.63, 3.8) is 0 Å². The Balaban J connectivity index is 2.02. The first-order valence-electron chi connectivity index (χ1n) is 8.81. The van der Waals surface area contributed by atoms with Crippen LogP contribution in [-0.4, -0.2) is 25.2 Å². The zero-order chi connectivity index (χ0) is 20.3. The molecule has 7 heteroatoms. The van der Waals surface area contributed by atoms with Crippen molar-refractivity contribution in [2.45, 2.75) is 19.9 Å². The number of hydrogen-bond donors (Lipinski definition) is 3. The fourth-order valence-corrected chi connectivity index (χ4v) is 3.46. The number of ether oxygens (including phenoxy) is 2. The highest BCUT2D eigenvalue weighted by Gasteiger charge is 2.32. The molecule has 3 N–H and O–H groups in total. The molecule has 28 heavy (non-hydrogen) atoms. The Kier molecular flexibility index (Phi) is 5.84. The number of nitrogens with one attached hydrogen (secondary N) is 3. The molecule has 0 radical (unpaired) electrons. The lowest BCUT2D eigenvalue weighted by Crippen LogP contribution is -2.45. The summed E-state index contributed by atoms with van der Waals surface area (Å²) in [6, 6.07) is 12.7. The van der Waals surface area contributed by atoms with Crippen LogP contribution in [0.2, 0.25) is 0 Å². The predicted molar refractivity (Wildman–Crippen MR) is 114 cm³/mol. The first-order chi connectivity index (χ1) is 13.4. The van der Waals surface area contributed by atoms with Crippen LogP contribution in [0.25, 0.3) is 0 Å². The summed E-state index contributed by atoms with van der Waals surface area (Å²) in [5.74, 6) is 1.07. The normalized spacial score (nSPS) is 16.1. The highest BCUT2D eigenvalue weighted by atomic mass is 32.1. The largest absolute Gasteiger partial charge is 0.497 e. The highest BCUT2D eigenvalue weighted by Crippen LogP contribution is 2.35. The second-order valence-corrected chi connectivity index (χ2v) is 6.86. The summed E-state index contributed by atoms with van der Waals surface area (Å²) in [4.78, 5) is 13.2. The van der Waals surface area contributed by atoms with Crippen molar-refractivity contribution in [1.29, 1.82) is 0 Å². The number of hydrogen-bond acceptors (Lipinski definition) is 4. The van der Waals surface area contributed by atoms with Gasteiger partial charge in [0, 0.05) is 23.0 Å². The molecule has 0 spiro atoms. The molecule has 6 nitrogen and oxygen atoms in total. The van der Waals surface area contributed by atoms with Crippen LogP contribution >= 0.6 is 12.2 Å². The maximum Gasteiger partial charge on any atom is 0.255 e. The SMILES string of the molecule is COc1ccc(C2NC(=S)NC(C)=C2C(=O)Nc2ccccc2C)c(OC)c1. The molecule has 146 valence electrons. The van der Waals surface area contributed by atoms with Crippen molar-refractivity contribution in [3.05, 3.63) is 64.9 Å². The van der Waals surface area contributed by atoms with Gasteiger partial charge in [-0.1, -0.05) is 18.2 Å². The topological polar surface area (TPSA) is 71.6 Å². The summed E-state index contributed by atoms with van der Waals surface area (Å²) in [6.07, 6.45) is 0. The molecule has 1 aliphatic heterocycles. The number of amides is 1. The lowest BCUT2D eigenvalue weighted by atomic mass is 9.94. The number of aryl methyl sites for hydroxylation is 1. The monoisotopic (exact) mass is 397 g/mol. The highest BCUT2D eigenvalue weighted by molar-refractivity contribution is 7.80. The Morgan fingerprint density at radius 2 is 1.86 bits per heavy atom. The molecular weight excluding hydrogens is 374 g/mol. The van der Waals surface area contributed by atoms with E-state index in [0.717, 1.165) is 16.8 Å². The first kappa shape index (κ1) is 19.7. The van der Waals surface area contributed by atoms with Crippen molar-refractivity contribution >= 4 is 28.9 Å². The minimum atomic E-state index is -0.460. The third-order valence-corrected chi connectivity index (χ3v) is 4.88. The van der Waals surface area contributed by atoms with Crippen molar-refractivity contribution in [1.82, 2.24) is 10.6 Å². The maximum atomic E-state index is 13.2. The Bertz CT molecular complexity index is 956. The molecule has 2 aromatic rings. The summed E-state index contributed by atoms with van der Waals surface area (Å²) < 4.78 is 10.8. The Morgan fingerprint density at radius 3 is 2.54 bits per heavy atom. The van der Waals surface area contributed by atoms with Gasteiger partial charge < -0.3 is 25.4 Å². The van der Waals surface area contributed by atoms with Crippen molar-refractivity contribution < 1.29 is 14.3 Å². The standard InChI is InChI=1S/C21H23N3O3S/c1-12-7-5-6-8-16(12)23-20(25)18-13(2)22-21(28)24-19(18)15-10-9-14(26-3)11-17(15)27-4/h5-11,19H,1-4H3,(H,23,25)(H2,22,24,28). The van der Waals surface area contributed by atoms with Gasteiger partial charge in [0.2, 0.25) is 0 Å². The van der Waals surface area contributed by atoms with Crippen LogP contribution in [0.5, 0.6) is 11.5 Å². The molecule has 1 aliphatic rings. The van der Waals surface area contributed by atoms with Crippen LogP contribution < -0.4 is 25.4 Å². The van der Waals surface area contributed by atoms with Gasteiger partial charge >= 0.3 is 0 Å². The van der Waals surface area contributed by atoms with Crippen LogP contribution in [0, 0.1) is 6.92 Å². The summed E-state index contributed by atoms with van der Waals surface area (Å²) >= 11 is 5.32. The molecule has 0 fully saturated rings. The molecule has 0 saturated carbocycles. The van der Waals surface area contributed by atoms with Gasteiger partial charge in [0.15, 0.2) is 5.11 Å². The molecule has 1 heterocycles. The number of benzene rings is 2. The van der Waals surface area contributed by atoms with Crippen LogP contribution in [0.3, 0.4) is 0 Å². The Hall–Kier alpha value is -3.06. The van der Waals surface area contributed by atoms with Crippen molar-refractivity contribution in [3.8, 4) is 11.5 Å². The number of rotatable bonds is 5. The number of carbonyl (C=O) groups excluding carboxylic acids is 1. The second-order valence-electron chi connectivity index (χ2n) is 6.45. The van der Waals surface area contributed by atoms with Gasteiger partial charge in [-0.2, -0.15) is 0 Å². The zero-order valence-corrected chi connectivity index (χ0v) is 17.1. The van der Waals surface area contributed by atoms with Crippen molar-refractivity contribution in [2.75, 3.05) is 19.5 Å². The summed E-state index contributed by atoms with van der Waals surface area (Å²) in [5, 5.41) is 9.68. The minimum absolute atomic E-state index is 0.211. The third kappa shape index (κ3) is 3.94. The third-order valence-electron chi connectivity index (χ3n) is 4.66. The number of para-hydroxylation sites is 1. The number of methoxy groups -OCH3 is 2. The van der Waals surface area contributed by atoms with E-state index in [1.54, 1.807) is 20.3 Å². The fourth-order valence-electron chi connectivity index (χ4n) is 3.19. The van der Waals surface area contributed by atoms with E-state index in [9.17, 15) is 4.79 Å². The molecule has 0 bridgehead atoms. The Morgan fingerprint density at radius 1 is 1.11 bits per heavy atom. The van der Waals surface area contributed by atoms with E-state index < -0.39 is 6.04 Å². The van der Waals surface area contributed by atoms with Crippen LogP contribution in [-0.2, 0) is 4.79 Å². The van der Waals surface area contributed by atoms with Gasteiger partial charge in [0.05, 0.1) is 25.8 Å². The predicted octanol–water partition coefficient (Wildman–Crippen LogP) is 3.44. The average Bonchev–Trinajstić information content (AvgIpc) is 2.68. The number of anilines is 1. The molecule has 0 aromatic heterocycles. The van der Waals surface area contributed by atoms with Crippen LogP contribution in [0.4, 0.5) is 5.69 Å². The maximum absolute atomic E-state index is 13.2. The van der Waals surface area contributed by atoms with E-state index in [1.165, 1.54) is 0 Å². The smallest absolute Gasteiger partial charge is 0.255 e. The molecule has 0 saturated heterocycles.